The van der Waals surface area contributed by atoms with Gasteiger partial charge in [-0.25, -0.2) is 4.52 Å². The summed E-state index contributed by atoms with van der Waals surface area (Å²) in [6.45, 7) is 5.65. The molecule has 2 heterocycles. The largest absolute Gasteiger partial charge is 0.351 e. The van der Waals surface area contributed by atoms with Gasteiger partial charge in [0, 0.05) is 11.9 Å². The van der Waals surface area contributed by atoms with Crippen molar-refractivity contribution in [1.82, 2.24) is 9.61 Å². The van der Waals surface area contributed by atoms with E-state index in [1.165, 1.54) is 0 Å². The van der Waals surface area contributed by atoms with Crippen LogP contribution in [-0.4, -0.2) is 26.7 Å². The Morgan fingerprint density at radius 3 is 2.89 bits per heavy atom. The third-order valence-corrected chi connectivity index (χ3v) is 2.84. The Morgan fingerprint density at radius 1 is 1.50 bits per heavy atom. The van der Waals surface area contributed by atoms with E-state index in [0.29, 0.717) is 0 Å². The highest BCUT2D eigenvalue weighted by Crippen LogP contribution is 2.21. The van der Waals surface area contributed by atoms with Crippen LogP contribution in [-0.2, 0) is 4.74 Å². The number of anilines is 1. The molecule has 2 aromatic rings. The van der Waals surface area contributed by atoms with E-state index in [0.717, 1.165) is 15.7 Å². The van der Waals surface area contributed by atoms with Gasteiger partial charge in [-0.2, -0.15) is 5.10 Å². The van der Waals surface area contributed by atoms with E-state index in [1.807, 2.05) is 39.1 Å². The summed E-state index contributed by atoms with van der Waals surface area (Å²) in [6, 6.07) is 3.70. The van der Waals surface area contributed by atoms with Crippen LogP contribution >= 0.6 is 15.9 Å². The molecule has 18 heavy (non-hydrogen) atoms. The third-order valence-electron chi connectivity index (χ3n) is 2.23. The van der Waals surface area contributed by atoms with Crippen molar-refractivity contribution in [1.29, 1.82) is 0 Å². The minimum Gasteiger partial charge on any atom is -0.351 e. The van der Waals surface area contributed by atoms with Crippen LogP contribution < -0.4 is 5.32 Å². The standard InChI is InChI=1S/C12H16BrN3O2/c1-12(2,3)18-11(17)15-8-4-5-16-10(6-8)9(13)7-14-16/h4-7,11,15,17H,1-3H3. The molecule has 2 N–H and O–H groups in total. The van der Waals surface area contributed by atoms with Crippen LogP contribution in [0.4, 0.5) is 5.69 Å². The van der Waals surface area contributed by atoms with Crippen molar-refractivity contribution in [3.63, 3.8) is 0 Å². The Hall–Kier alpha value is -1.11. The third kappa shape index (κ3) is 3.22. The average molecular weight is 314 g/mol. The van der Waals surface area contributed by atoms with Crippen LogP contribution in [0.15, 0.2) is 29.0 Å². The number of nitrogens with zero attached hydrogens (tertiary/aromatic N) is 2. The van der Waals surface area contributed by atoms with Crippen LogP contribution in [0.25, 0.3) is 5.52 Å². The molecule has 6 heteroatoms. The molecule has 2 aromatic heterocycles. The van der Waals surface area contributed by atoms with E-state index in [9.17, 15) is 5.11 Å². The monoisotopic (exact) mass is 313 g/mol. The highest BCUT2D eigenvalue weighted by atomic mass is 79.9. The maximum Gasteiger partial charge on any atom is 0.235 e. The lowest BCUT2D eigenvalue weighted by Crippen LogP contribution is -2.32. The van der Waals surface area contributed by atoms with Gasteiger partial charge in [-0.1, -0.05) is 0 Å². The molecule has 0 saturated heterocycles. The number of pyridine rings is 1. The fourth-order valence-corrected chi connectivity index (χ4v) is 1.94. The van der Waals surface area contributed by atoms with Gasteiger partial charge in [-0.15, -0.1) is 0 Å². The van der Waals surface area contributed by atoms with Crippen molar-refractivity contribution < 1.29 is 9.84 Å². The number of aromatic nitrogens is 2. The smallest absolute Gasteiger partial charge is 0.235 e. The van der Waals surface area contributed by atoms with Crippen LogP contribution in [0.3, 0.4) is 0 Å². The molecule has 98 valence electrons. The number of aliphatic hydroxyl groups is 1. The van der Waals surface area contributed by atoms with Gasteiger partial charge in [-0.05, 0) is 48.8 Å². The summed E-state index contributed by atoms with van der Waals surface area (Å²) in [4.78, 5) is 0. The number of halogens is 1. The van der Waals surface area contributed by atoms with Crippen molar-refractivity contribution in [3.8, 4) is 0 Å². The lowest BCUT2D eigenvalue weighted by molar-refractivity contribution is -0.148. The molecule has 5 nitrogen and oxygen atoms in total. The molecule has 0 aromatic carbocycles. The lowest BCUT2D eigenvalue weighted by Gasteiger charge is -2.24. The normalized spacial score (nSPS) is 13.8. The predicted octanol–water partition coefficient (Wildman–Crippen LogP) is 2.60. The fraction of sp³-hybridized carbons (Fsp3) is 0.417. The van der Waals surface area contributed by atoms with Crippen molar-refractivity contribution in [2.45, 2.75) is 32.8 Å². The van der Waals surface area contributed by atoms with Crippen LogP contribution in [0.2, 0.25) is 0 Å². The molecular formula is C12H16BrN3O2. The fourth-order valence-electron chi connectivity index (χ4n) is 1.55. The predicted molar refractivity (Wildman–Crippen MR) is 73.4 cm³/mol. The molecule has 1 atom stereocenters. The zero-order valence-corrected chi connectivity index (χ0v) is 12.1. The van der Waals surface area contributed by atoms with Crippen LogP contribution in [0, 0.1) is 0 Å². The summed E-state index contributed by atoms with van der Waals surface area (Å²) in [5, 5.41) is 16.8. The van der Waals surface area contributed by atoms with Gasteiger partial charge in [0.05, 0.1) is 21.8 Å². The van der Waals surface area contributed by atoms with Crippen molar-refractivity contribution in [2.75, 3.05) is 5.32 Å². The van der Waals surface area contributed by atoms with Crippen LogP contribution in [0.1, 0.15) is 20.8 Å². The molecule has 0 saturated carbocycles. The van der Waals surface area contributed by atoms with Crippen molar-refractivity contribution in [3.05, 3.63) is 29.0 Å². The summed E-state index contributed by atoms with van der Waals surface area (Å²) < 4.78 is 8.02. The van der Waals surface area contributed by atoms with Gasteiger partial charge in [0.1, 0.15) is 0 Å². The van der Waals surface area contributed by atoms with Gasteiger partial charge in [0.15, 0.2) is 0 Å². The zero-order valence-electron chi connectivity index (χ0n) is 10.5. The van der Waals surface area contributed by atoms with E-state index in [-0.39, 0.29) is 0 Å². The first kappa shape index (κ1) is 13.3. The Bertz CT molecular complexity index is 548. The molecule has 0 aliphatic heterocycles. The maximum atomic E-state index is 9.76. The topological polar surface area (TPSA) is 58.8 Å². The second kappa shape index (κ2) is 4.87. The summed E-state index contributed by atoms with van der Waals surface area (Å²) in [7, 11) is 0. The molecule has 0 bridgehead atoms. The molecule has 1 unspecified atom stereocenters. The van der Waals surface area contributed by atoms with E-state index in [2.05, 4.69) is 26.3 Å². The summed E-state index contributed by atoms with van der Waals surface area (Å²) in [5.74, 6) is 0. The second-order valence-electron chi connectivity index (χ2n) is 4.96. The average Bonchev–Trinajstić information content (AvgIpc) is 2.57. The number of fused-ring (bicyclic) bond motifs is 1. The SMILES string of the molecule is CC(C)(C)OC(O)Nc1ccn2ncc(Br)c2c1. The molecule has 0 amide bonds. The lowest BCUT2D eigenvalue weighted by atomic mass is 10.2. The van der Waals surface area contributed by atoms with Gasteiger partial charge in [0.2, 0.25) is 6.41 Å². The molecule has 2 rings (SSSR count). The van der Waals surface area contributed by atoms with E-state index >= 15 is 0 Å². The summed E-state index contributed by atoms with van der Waals surface area (Å²) in [5.41, 5.74) is 1.27. The first-order valence-corrected chi connectivity index (χ1v) is 6.40. The highest BCUT2D eigenvalue weighted by molar-refractivity contribution is 9.10. The number of rotatable bonds is 3. The van der Waals surface area contributed by atoms with Gasteiger partial charge in [-0.3, -0.25) is 0 Å². The van der Waals surface area contributed by atoms with Gasteiger partial charge >= 0.3 is 0 Å². The molecule has 0 aliphatic carbocycles. The Kier molecular flexibility index (Phi) is 3.61. The molecule has 0 fully saturated rings. The Labute approximate surface area is 114 Å². The van der Waals surface area contributed by atoms with Crippen molar-refractivity contribution in [2.24, 2.45) is 0 Å². The molecule has 0 spiro atoms. The highest BCUT2D eigenvalue weighted by Gasteiger charge is 2.16. The van der Waals surface area contributed by atoms with Crippen molar-refractivity contribution >= 4 is 27.1 Å². The number of hydrogen-bond donors (Lipinski definition) is 2. The number of hydrogen-bond acceptors (Lipinski definition) is 4. The molecular weight excluding hydrogens is 298 g/mol. The minimum atomic E-state index is -1.05. The van der Waals surface area contributed by atoms with Gasteiger partial charge < -0.3 is 15.2 Å². The first-order valence-electron chi connectivity index (χ1n) is 5.60. The van der Waals surface area contributed by atoms with Gasteiger partial charge in [0.25, 0.3) is 0 Å². The van der Waals surface area contributed by atoms with E-state index < -0.39 is 12.0 Å². The van der Waals surface area contributed by atoms with E-state index in [1.54, 1.807) is 10.7 Å². The quantitative estimate of drug-likeness (QED) is 0.855. The van der Waals surface area contributed by atoms with Crippen LogP contribution in [0.5, 0.6) is 0 Å². The summed E-state index contributed by atoms with van der Waals surface area (Å²) >= 11 is 3.41. The molecule has 0 radical (unpaired) electrons. The number of nitrogens with one attached hydrogen (secondary N) is 1. The maximum absolute atomic E-state index is 9.76. The zero-order chi connectivity index (χ0) is 13.3. The number of aliphatic hydroxyl groups excluding tert-OH is 1. The first-order chi connectivity index (χ1) is 8.35. The van der Waals surface area contributed by atoms with E-state index in [4.69, 9.17) is 4.74 Å². The Morgan fingerprint density at radius 2 is 2.22 bits per heavy atom. The minimum absolute atomic E-state index is 0.409. The molecule has 0 aliphatic rings. The summed E-state index contributed by atoms with van der Waals surface area (Å²) in [6.07, 6.45) is 2.49. The number of ether oxygens (including phenoxy) is 1. The second-order valence-corrected chi connectivity index (χ2v) is 5.82. The Balaban J connectivity index is 2.14.